The molecular formula is C10H10ClNOS. The van der Waals surface area contributed by atoms with Gasteiger partial charge in [-0.1, -0.05) is 11.6 Å². The van der Waals surface area contributed by atoms with Gasteiger partial charge in [-0.3, -0.25) is 0 Å². The lowest BCUT2D eigenvalue weighted by atomic mass is 10.1. The summed E-state index contributed by atoms with van der Waals surface area (Å²) in [6, 6.07) is 4.03. The normalized spacial score (nSPS) is 26.3. The Balaban J connectivity index is 2.03. The van der Waals surface area contributed by atoms with Crippen LogP contribution >= 0.6 is 22.9 Å². The van der Waals surface area contributed by atoms with E-state index in [2.05, 4.69) is 6.07 Å². The van der Waals surface area contributed by atoms with Crippen LogP contribution in [0.3, 0.4) is 0 Å². The van der Waals surface area contributed by atoms with Crippen molar-refractivity contribution in [1.29, 1.82) is 5.26 Å². The summed E-state index contributed by atoms with van der Waals surface area (Å²) >= 11 is 7.64. The number of halogens is 1. The van der Waals surface area contributed by atoms with Crippen molar-refractivity contribution in [2.45, 2.75) is 31.5 Å². The van der Waals surface area contributed by atoms with Gasteiger partial charge in [0.15, 0.2) is 0 Å². The molecule has 0 saturated carbocycles. The molecule has 2 nitrogen and oxygen atoms in total. The molecule has 74 valence electrons. The quantitative estimate of drug-likeness (QED) is 0.774. The van der Waals surface area contributed by atoms with E-state index in [9.17, 15) is 0 Å². The zero-order valence-electron chi connectivity index (χ0n) is 7.57. The third kappa shape index (κ3) is 1.93. The Hall–Kier alpha value is -0.560. The molecule has 0 spiro atoms. The maximum absolute atomic E-state index is 8.54. The van der Waals surface area contributed by atoms with E-state index in [4.69, 9.17) is 21.6 Å². The fraction of sp³-hybridized carbons (Fsp3) is 0.500. The number of rotatable bonds is 2. The van der Waals surface area contributed by atoms with Crippen LogP contribution < -0.4 is 0 Å². The maximum Gasteiger partial charge on any atom is 0.0936 e. The predicted octanol–water partition coefficient (Wildman–Crippen LogP) is 3.54. The summed E-state index contributed by atoms with van der Waals surface area (Å²) in [5, 5.41) is 11.3. The molecule has 0 N–H and O–H groups in total. The Morgan fingerprint density at radius 3 is 3.14 bits per heavy atom. The van der Waals surface area contributed by atoms with Gasteiger partial charge in [-0.25, -0.2) is 0 Å². The molecule has 1 saturated heterocycles. The number of hydrogen-bond acceptors (Lipinski definition) is 3. The van der Waals surface area contributed by atoms with Gasteiger partial charge in [0.1, 0.15) is 0 Å². The lowest BCUT2D eigenvalue weighted by molar-refractivity contribution is 0.0496. The minimum atomic E-state index is 0.100. The Morgan fingerprint density at radius 2 is 2.50 bits per heavy atom. The zero-order chi connectivity index (χ0) is 9.97. The Kier molecular flexibility index (Phi) is 3.07. The number of nitriles is 1. The Labute approximate surface area is 92.1 Å². The second-order valence-electron chi connectivity index (χ2n) is 3.32. The molecule has 4 heteroatoms. The second kappa shape index (κ2) is 4.31. The van der Waals surface area contributed by atoms with Gasteiger partial charge in [-0.05, 0) is 24.3 Å². The van der Waals surface area contributed by atoms with Gasteiger partial charge in [0.05, 0.1) is 34.6 Å². The number of thiophene rings is 1. The van der Waals surface area contributed by atoms with Crippen molar-refractivity contribution in [3.8, 4) is 6.07 Å². The molecule has 1 aromatic rings. The molecule has 1 aliphatic heterocycles. The summed E-state index contributed by atoms with van der Waals surface area (Å²) in [5.41, 5.74) is 0. The molecule has 2 unspecified atom stereocenters. The van der Waals surface area contributed by atoms with Gasteiger partial charge in [-0.2, -0.15) is 5.26 Å². The number of nitrogens with zero attached hydrogens (tertiary/aromatic N) is 1. The van der Waals surface area contributed by atoms with E-state index in [1.54, 1.807) is 11.3 Å². The minimum Gasteiger partial charge on any atom is -0.368 e. The van der Waals surface area contributed by atoms with Crippen LogP contribution in [-0.4, -0.2) is 6.10 Å². The lowest BCUT2D eigenvalue weighted by Crippen LogP contribution is -2.04. The first-order valence-electron chi connectivity index (χ1n) is 4.56. The van der Waals surface area contributed by atoms with E-state index < -0.39 is 0 Å². The smallest absolute Gasteiger partial charge is 0.0936 e. The predicted molar refractivity (Wildman–Crippen MR) is 56.4 cm³/mol. The van der Waals surface area contributed by atoms with Crippen LogP contribution in [-0.2, 0) is 4.74 Å². The van der Waals surface area contributed by atoms with Gasteiger partial charge in [0.25, 0.3) is 0 Å². The fourth-order valence-corrected chi connectivity index (χ4v) is 2.94. The summed E-state index contributed by atoms with van der Waals surface area (Å²) in [5.74, 6) is 0. The molecule has 0 aromatic carbocycles. The molecule has 1 fully saturated rings. The maximum atomic E-state index is 8.54. The highest BCUT2D eigenvalue weighted by molar-refractivity contribution is 7.10. The third-order valence-corrected chi connectivity index (χ3v) is 3.81. The summed E-state index contributed by atoms with van der Waals surface area (Å²) in [4.78, 5) is 1.10. The lowest BCUT2D eigenvalue weighted by Gasteiger charge is -2.10. The molecule has 0 amide bonds. The van der Waals surface area contributed by atoms with Gasteiger partial charge >= 0.3 is 0 Å². The van der Waals surface area contributed by atoms with E-state index in [-0.39, 0.29) is 12.2 Å². The van der Waals surface area contributed by atoms with Crippen LogP contribution in [0.15, 0.2) is 11.4 Å². The molecule has 0 aliphatic carbocycles. The van der Waals surface area contributed by atoms with Gasteiger partial charge in [-0.15, -0.1) is 11.3 Å². The third-order valence-electron chi connectivity index (χ3n) is 2.36. The van der Waals surface area contributed by atoms with Crippen molar-refractivity contribution >= 4 is 22.9 Å². The highest BCUT2D eigenvalue weighted by atomic mass is 35.5. The Morgan fingerprint density at radius 1 is 1.64 bits per heavy atom. The highest BCUT2D eigenvalue weighted by Crippen LogP contribution is 2.39. The average molecular weight is 228 g/mol. The van der Waals surface area contributed by atoms with Crippen LogP contribution in [0, 0.1) is 11.3 Å². The van der Waals surface area contributed by atoms with Crippen LogP contribution in [0.2, 0.25) is 5.02 Å². The summed E-state index contributed by atoms with van der Waals surface area (Å²) in [6.07, 6.45) is 2.64. The van der Waals surface area contributed by atoms with Crippen LogP contribution in [0.25, 0.3) is 0 Å². The first-order chi connectivity index (χ1) is 6.81. The van der Waals surface area contributed by atoms with E-state index in [0.717, 1.165) is 22.7 Å². The van der Waals surface area contributed by atoms with Crippen LogP contribution in [0.4, 0.5) is 0 Å². The van der Waals surface area contributed by atoms with Crippen molar-refractivity contribution in [3.05, 3.63) is 21.3 Å². The van der Waals surface area contributed by atoms with Crippen LogP contribution in [0.1, 0.15) is 30.2 Å². The molecule has 1 aromatic heterocycles. The molecular weight excluding hydrogens is 218 g/mol. The monoisotopic (exact) mass is 227 g/mol. The summed E-state index contributed by atoms with van der Waals surface area (Å²) < 4.78 is 5.73. The SMILES string of the molecule is N#CCC1CCC(c2sccc2Cl)O1. The summed E-state index contributed by atoms with van der Waals surface area (Å²) in [6.45, 7) is 0. The zero-order valence-corrected chi connectivity index (χ0v) is 9.14. The average Bonchev–Trinajstić information content (AvgIpc) is 2.74. The highest BCUT2D eigenvalue weighted by Gasteiger charge is 2.28. The molecule has 2 rings (SSSR count). The van der Waals surface area contributed by atoms with E-state index >= 15 is 0 Å². The Bertz CT molecular complexity index is 357. The van der Waals surface area contributed by atoms with Gasteiger partial charge in [0.2, 0.25) is 0 Å². The van der Waals surface area contributed by atoms with E-state index in [1.165, 1.54) is 0 Å². The second-order valence-corrected chi connectivity index (χ2v) is 4.67. The molecule has 2 atom stereocenters. The first-order valence-corrected chi connectivity index (χ1v) is 5.82. The molecule has 1 aliphatic rings. The standard InChI is InChI=1S/C10H10ClNOS/c11-8-4-6-14-10(8)9-2-1-7(13-9)3-5-12/h4,6-7,9H,1-3H2. The van der Waals surface area contributed by atoms with Crippen molar-refractivity contribution in [2.75, 3.05) is 0 Å². The summed E-state index contributed by atoms with van der Waals surface area (Å²) in [7, 11) is 0. The number of hydrogen-bond donors (Lipinski definition) is 0. The van der Waals surface area contributed by atoms with E-state index in [1.807, 2.05) is 11.4 Å². The van der Waals surface area contributed by atoms with E-state index in [0.29, 0.717) is 6.42 Å². The largest absolute Gasteiger partial charge is 0.368 e. The number of ether oxygens (including phenoxy) is 1. The van der Waals surface area contributed by atoms with Crippen LogP contribution in [0.5, 0.6) is 0 Å². The minimum absolute atomic E-state index is 0.100. The first kappa shape index (κ1) is 9.97. The topological polar surface area (TPSA) is 33.0 Å². The van der Waals surface area contributed by atoms with Gasteiger partial charge in [0, 0.05) is 0 Å². The van der Waals surface area contributed by atoms with Gasteiger partial charge < -0.3 is 4.74 Å². The van der Waals surface area contributed by atoms with Crippen molar-refractivity contribution in [3.63, 3.8) is 0 Å². The molecule has 2 heterocycles. The molecule has 0 bridgehead atoms. The van der Waals surface area contributed by atoms with Crippen molar-refractivity contribution in [1.82, 2.24) is 0 Å². The van der Waals surface area contributed by atoms with Crippen molar-refractivity contribution in [2.24, 2.45) is 0 Å². The fourth-order valence-electron chi connectivity index (χ4n) is 1.69. The van der Waals surface area contributed by atoms with Crippen molar-refractivity contribution < 1.29 is 4.74 Å². The molecule has 14 heavy (non-hydrogen) atoms. The molecule has 0 radical (unpaired) electrons.